The first-order valence-electron chi connectivity index (χ1n) is 12.6. The topological polar surface area (TPSA) is 117 Å². The first-order valence-corrected chi connectivity index (χ1v) is 13.6. The molecule has 0 unspecified atom stereocenters. The van der Waals surface area contributed by atoms with Crippen molar-refractivity contribution < 1.29 is 23.8 Å². The molecule has 11 heteroatoms. The quantitative estimate of drug-likeness (QED) is 0.240. The number of thioether (sulfide) groups is 1. The molecule has 4 aromatic rings. The van der Waals surface area contributed by atoms with Crippen LogP contribution in [0.15, 0.2) is 71.9 Å². The van der Waals surface area contributed by atoms with Crippen LogP contribution in [0.4, 0.5) is 5.69 Å². The fourth-order valence-corrected chi connectivity index (χ4v) is 4.65. The number of aromatic nitrogens is 3. The molecule has 0 fully saturated rings. The third kappa shape index (κ3) is 7.32. The highest BCUT2D eigenvalue weighted by molar-refractivity contribution is 7.99. The number of anilines is 1. The normalized spacial score (nSPS) is 10.6. The van der Waals surface area contributed by atoms with Crippen LogP contribution in [0, 0.1) is 6.92 Å². The largest absolute Gasteiger partial charge is 0.497 e. The molecule has 0 spiro atoms. The minimum atomic E-state index is -0.329. The van der Waals surface area contributed by atoms with E-state index in [9.17, 15) is 9.59 Å². The summed E-state index contributed by atoms with van der Waals surface area (Å²) in [6, 6.07) is 20.0. The molecule has 0 aliphatic carbocycles. The van der Waals surface area contributed by atoms with Gasteiger partial charge in [0.15, 0.2) is 11.0 Å². The standard InChI is InChI=1S/C29H31N5O5S/c1-5-39-23-11-9-22(10-12-23)34-26(17-30-28(36)20-14-24(37-3)16-25(15-20)38-4)32-33-29(34)40-18-27(35)31-21-8-6-7-19(2)13-21/h6-16H,5,17-18H2,1-4H3,(H,30,36)(H,31,35). The predicted octanol–water partition coefficient (Wildman–Crippen LogP) is 4.65. The number of hydrogen-bond donors (Lipinski definition) is 2. The van der Waals surface area contributed by atoms with Gasteiger partial charge >= 0.3 is 0 Å². The van der Waals surface area contributed by atoms with Crippen molar-refractivity contribution in [1.82, 2.24) is 20.1 Å². The summed E-state index contributed by atoms with van der Waals surface area (Å²) in [5.41, 5.74) is 2.93. The SMILES string of the molecule is CCOc1ccc(-n2c(CNC(=O)c3cc(OC)cc(OC)c3)nnc2SCC(=O)Nc2cccc(C)c2)cc1. The minimum absolute atomic E-state index is 0.0919. The number of rotatable bonds is 12. The molecule has 0 aliphatic heterocycles. The Labute approximate surface area is 237 Å². The van der Waals surface area contributed by atoms with E-state index in [0.29, 0.717) is 34.7 Å². The number of nitrogens with one attached hydrogen (secondary N) is 2. The molecule has 0 saturated carbocycles. The van der Waals surface area contributed by atoms with Crippen molar-refractivity contribution in [2.24, 2.45) is 0 Å². The number of amides is 2. The average Bonchev–Trinajstić information content (AvgIpc) is 3.37. The van der Waals surface area contributed by atoms with Gasteiger partial charge in [0.05, 0.1) is 33.1 Å². The zero-order chi connectivity index (χ0) is 28.5. The summed E-state index contributed by atoms with van der Waals surface area (Å²) < 4.78 is 17.9. The van der Waals surface area contributed by atoms with Gasteiger partial charge in [-0.25, -0.2) is 0 Å². The molecule has 3 aromatic carbocycles. The molecule has 1 aromatic heterocycles. The summed E-state index contributed by atoms with van der Waals surface area (Å²) >= 11 is 1.25. The van der Waals surface area contributed by atoms with Crippen LogP contribution in [0.5, 0.6) is 17.2 Å². The summed E-state index contributed by atoms with van der Waals surface area (Å²) in [6.07, 6.45) is 0. The van der Waals surface area contributed by atoms with E-state index < -0.39 is 0 Å². The summed E-state index contributed by atoms with van der Waals surface area (Å²) in [5.74, 6) is 1.86. The predicted molar refractivity (Wildman–Crippen MR) is 154 cm³/mol. The number of benzene rings is 3. The molecule has 0 aliphatic rings. The van der Waals surface area contributed by atoms with Crippen molar-refractivity contribution in [3.63, 3.8) is 0 Å². The Hall–Kier alpha value is -4.51. The molecular weight excluding hydrogens is 530 g/mol. The first-order chi connectivity index (χ1) is 19.4. The number of nitrogens with zero attached hydrogens (tertiary/aromatic N) is 3. The maximum Gasteiger partial charge on any atom is 0.251 e. The van der Waals surface area contributed by atoms with E-state index in [-0.39, 0.29) is 24.1 Å². The van der Waals surface area contributed by atoms with Crippen molar-refractivity contribution in [1.29, 1.82) is 0 Å². The van der Waals surface area contributed by atoms with Gasteiger partial charge in [0.2, 0.25) is 5.91 Å². The van der Waals surface area contributed by atoms with Gasteiger partial charge in [-0.05, 0) is 67.9 Å². The van der Waals surface area contributed by atoms with Crippen LogP contribution in [-0.2, 0) is 11.3 Å². The van der Waals surface area contributed by atoms with Gasteiger partial charge in [-0.3, -0.25) is 14.2 Å². The molecule has 2 N–H and O–H groups in total. The molecule has 2 amide bonds. The lowest BCUT2D eigenvalue weighted by molar-refractivity contribution is -0.113. The third-order valence-electron chi connectivity index (χ3n) is 5.76. The molecule has 0 saturated heterocycles. The zero-order valence-electron chi connectivity index (χ0n) is 22.8. The molecule has 1 heterocycles. The van der Waals surface area contributed by atoms with Gasteiger partial charge < -0.3 is 24.8 Å². The van der Waals surface area contributed by atoms with Gasteiger partial charge in [-0.2, -0.15) is 0 Å². The third-order valence-corrected chi connectivity index (χ3v) is 6.69. The number of methoxy groups -OCH3 is 2. The monoisotopic (exact) mass is 561 g/mol. The number of ether oxygens (including phenoxy) is 3. The van der Waals surface area contributed by atoms with Gasteiger partial charge in [-0.1, -0.05) is 23.9 Å². The van der Waals surface area contributed by atoms with Crippen molar-refractivity contribution in [2.45, 2.75) is 25.5 Å². The number of carbonyl (C=O) groups is 2. The average molecular weight is 562 g/mol. The van der Waals surface area contributed by atoms with Crippen LogP contribution in [0.25, 0.3) is 5.69 Å². The molecular formula is C29H31N5O5S. The van der Waals surface area contributed by atoms with E-state index in [1.54, 1.807) is 18.2 Å². The van der Waals surface area contributed by atoms with Crippen molar-refractivity contribution in [3.05, 3.63) is 83.7 Å². The highest BCUT2D eigenvalue weighted by Gasteiger charge is 2.18. The Morgan fingerprint density at radius 1 is 0.925 bits per heavy atom. The number of carbonyl (C=O) groups excluding carboxylic acids is 2. The molecule has 40 heavy (non-hydrogen) atoms. The van der Waals surface area contributed by atoms with Crippen molar-refractivity contribution in [2.75, 3.05) is 31.9 Å². The number of hydrogen-bond acceptors (Lipinski definition) is 8. The van der Waals surface area contributed by atoms with E-state index in [4.69, 9.17) is 14.2 Å². The fraction of sp³-hybridized carbons (Fsp3) is 0.241. The van der Waals surface area contributed by atoms with Crippen LogP contribution in [0.1, 0.15) is 28.7 Å². The van der Waals surface area contributed by atoms with Crippen LogP contribution in [0.3, 0.4) is 0 Å². The Morgan fingerprint density at radius 2 is 1.65 bits per heavy atom. The Bertz CT molecular complexity index is 1450. The maximum atomic E-state index is 13.0. The summed E-state index contributed by atoms with van der Waals surface area (Å²) in [6.45, 7) is 4.53. The van der Waals surface area contributed by atoms with E-state index in [2.05, 4.69) is 20.8 Å². The molecule has 0 radical (unpaired) electrons. The fourth-order valence-electron chi connectivity index (χ4n) is 3.88. The van der Waals surface area contributed by atoms with Crippen LogP contribution < -0.4 is 24.8 Å². The van der Waals surface area contributed by atoms with E-state index in [0.717, 1.165) is 22.7 Å². The van der Waals surface area contributed by atoms with Crippen LogP contribution >= 0.6 is 11.8 Å². The minimum Gasteiger partial charge on any atom is -0.497 e. The van der Waals surface area contributed by atoms with Crippen molar-refractivity contribution in [3.8, 4) is 22.9 Å². The summed E-state index contributed by atoms with van der Waals surface area (Å²) in [7, 11) is 3.05. The van der Waals surface area contributed by atoms with E-state index >= 15 is 0 Å². The maximum absolute atomic E-state index is 13.0. The Balaban J connectivity index is 1.53. The Morgan fingerprint density at radius 3 is 2.30 bits per heavy atom. The summed E-state index contributed by atoms with van der Waals surface area (Å²) in [4.78, 5) is 25.6. The molecule has 4 rings (SSSR count). The highest BCUT2D eigenvalue weighted by Crippen LogP contribution is 2.25. The lowest BCUT2D eigenvalue weighted by Gasteiger charge is -2.13. The van der Waals surface area contributed by atoms with Crippen molar-refractivity contribution >= 4 is 29.3 Å². The van der Waals surface area contributed by atoms with Gasteiger partial charge in [-0.15, -0.1) is 10.2 Å². The van der Waals surface area contributed by atoms with Gasteiger partial charge in [0.1, 0.15) is 17.2 Å². The van der Waals surface area contributed by atoms with E-state index in [1.807, 2.05) is 66.9 Å². The lowest BCUT2D eigenvalue weighted by atomic mass is 10.2. The second-order valence-electron chi connectivity index (χ2n) is 8.65. The second-order valence-corrected chi connectivity index (χ2v) is 9.59. The lowest BCUT2D eigenvalue weighted by Crippen LogP contribution is -2.24. The highest BCUT2D eigenvalue weighted by atomic mass is 32.2. The van der Waals surface area contributed by atoms with Gasteiger partial charge in [0, 0.05) is 23.0 Å². The molecule has 0 atom stereocenters. The molecule has 0 bridgehead atoms. The Kier molecular flexibility index (Phi) is 9.63. The molecule has 10 nitrogen and oxygen atoms in total. The van der Waals surface area contributed by atoms with Crippen LogP contribution in [0.2, 0.25) is 0 Å². The zero-order valence-corrected chi connectivity index (χ0v) is 23.6. The number of aryl methyl sites for hydroxylation is 1. The van der Waals surface area contributed by atoms with E-state index in [1.165, 1.54) is 26.0 Å². The molecule has 208 valence electrons. The first kappa shape index (κ1) is 28.5. The van der Waals surface area contributed by atoms with Crippen LogP contribution in [-0.4, -0.2) is 53.2 Å². The summed E-state index contributed by atoms with van der Waals surface area (Å²) in [5, 5.41) is 15.0. The second kappa shape index (κ2) is 13.5. The van der Waals surface area contributed by atoms with Gasteiger partial charge in [0.25, 0.3) is 5.91 Å². The smallest absolute Gasteiger partial charge is 0.251 e.